The van der Waals surface area contributed by atoms with Crippen LogP contribution in [0, 0.1) is 5.92 Å². The van der Waals surface area contributed by atoms with E-state index in [1.807, 2.05) is 19.2 Å². The zero-order valence-corrected chi connectivity index (χ0v) is 19.2. The van der Waals surface area contributed by atoms with E-state index in [0.29, 0.717) is 13.2 Å². The van der Waals surface area contributed by atoms with Gasteiger partial charge in [-0.2, -0.15) is 0 Å². The van der Waals surface area contributed by atoms with E-state index >= 15 is 0 Å². The predicted octanol–water partition coefficient (Wildman–Crippen LogP) is 3.48. The van der Waals surface area contributed by atoms with Gasteiger partial charge in [-0.1, -0.05) is 6.92 Å². The number of unbranched alkanes of at least 4 members (excludes halogenated alkanes) is 1. The van der Waals surface area contributed by atoms with Crippen LogP contribution < -0.4 is 10.6 Å². The third-order valence-electron chi connectivity index (χ3n) is 4.88. The molecule has 0 spiro atoms. The molecule has 27 heavy (non-hydrogen) atoms. The molecule has 0 amide bonds. The molecule has 0 bridgehead atoms. The van der Waals surface area contributed by atoms with Crippen LogP contribution in [0.2, 0.25) is 0 Å². The van der Waals surface area contributed by atoms with Crippen LogP contribution >= 0.6 is 24.0 Å². The summed E-state index contributed by atoms with van der Waals surface area (Å²) in [5, 5.41) is 6.73. The number of aliphatic imine (C=N–C) groups is 1. The summed E-state index contributed by atoms with van der Waals surface area (Å²) in [5.74, 6) is 2.66. The molecule has 6 nitrogen and oxygen atoms in total. The SMILES string of the molecule is CN=C(NCCCCN1CCC(C)CC1)NCCCOCc1ccco1.I. The molecule has 0 radical (unpaired) electrons. The van der Waals surface area contributed by atoms with Crippen molar-refractivity contribution in [3.8, 4) is 0 Å². The Bertz CT molecular complexity index is 488. The maximum Gasteiger partial charge on any atom is 0.190 e. The Labute approximate surface area is 181 Å². The summed E-state index contributed by atoms with van der Waals surface area (Å²) in [6, 6.07) is 3.80. The van der Waals surface area contributed by atoms with Gasteiger partial charge < -0.3 is 24.7 Å². The van der Waals surface area contributed by atoms with Crippen LogP contribution in [0.25, 0.3) is 0 Å². The topological polar surface area (TPSA) is 62.0 Å². The molecule has 1 aromatic rings. The Morgan fingerprint density at radius 1 is 1.22 bits per heavy atom. The van der Waals surface area contributed by atoms with Crippen molar-refractivity contribution in [2.75, 3.05) is 46.4 Å². The first-order valence-corrected chi connectivity index (χ1v) is 10.0. The van der Waals surface area contributed by atoms with Gasteiger partial charge in [-0.05, 0) is 69.8 Å². The van der Waals surface area contributed by atoms with Gasteiger partial charge in [0.1, 0.15) is 12.4 Å². The van der Waals surface area contributed by atoms with Crippen LogP contribution in [-0.4, -0.2) is 57.2 Å². The molecule has 156 valence electrons. The molecule has 0 aromatic carbocycles. The standard InChI is InChI=1S/C20H36N4O2.HI/c1-18-8-13-24(14-9-18)12-4-3-10-22-20(21-2)23-11-6-15-25-17-19-7-5-16-26-19;/h5,7,16,18H,3-4,6,8-15,17H2,1-2H3,(H2,21,22,23);1H. The number of nitrogens with one attached hydrogen (secondary N) is 2. The summed E-state index contributed by atoms with van der Waals surface area (Å²) in [6.07, 6.45) is 7.76. The first-order chi connectivity index (χ1) is 12.8. The maximum absolute atomic E-state index is 5.57. The van der Waals surface area contributed by atoms with Crippen LogP contribution in [0.3, 0.4) is 0 Å². The Morgan fingerprint density at radius 2 is 1.96 bits per heavy atom. The quantitative estimate of drug-likeness (QED) is 0.214. The summed E-state index contributed by atoms with van der Waals surface area (Å²) in [4.78, 5) is 6.88. The Kier molecular flexibility index (Phi) is 13.6. The van der Waals surface area contributed by atoms with E-state index in [9.17, 15) is 0 Å². The smallest absolute Gasteiger partial charge is 0.190 e. The number of guanidine groups is 1. The molecular formula is C20H37IN4O2. The second-order valence-electron chi connectivity index (χ2n) is 7.14. The van der Waals surface area contributed by atoms with Gasteiger partial charge in [0.2, 0.25) is 0 Å². The lowest BCUT2D eigenvalue weighted by atomic mass is 9.99. The molecule has 0 atom stereocenters. The normalized spacial score (nSPS) is 16.1. The van der Waals surface area contributed by atoms with Crippen molar-refractivity contribution in [3.63, 3.8) is 0 Å². The highest BCUT2D eigenvalue weighted by molar-refractivity contribution is 14.0. The van der Waals surface area contributed by atoms with Crippen molar-refractivity contribution in [1.29, 1.82) is 0 Å². The van der Waals surface area contributed by atoms with Gasteiger partial charge in [0, 0.05) is 26.7 Å². The average Bonchev–Trinajstić information content (AvgIpc) is 3.17. The number of likely N-dealkylation sites (tertiary alicyclic amines) is 1. The van der Waals surface area contributed by atoms with Crippen molar-refractivity contribution in [2.45, 2.75) is 45.6 Å². The number of hydrogen-bond acceptors (Lipinski definition) is 4. The maximum atomic E-state index is 5.57. The molecule has 1 aliphatic rings. The molecule has 2 rings (SSSR count). The number of halogens is 1. The first-order valence-electron chi connectivity index (χ1n) is 10.0. The highest BCUT2D eigenvalue weighted by Gasteiger charge is 2.14. The molecule has 0 saturated carbocycles. The van der Waals surface area contributed by atoms with Crippen molar-refractivity contribution in [1.82, 2.24) is 15.5 Å². The van der Waals surface area contributed by atoms with Crippen molar-refractivity contribution in [2.24, 2.45) is 10.9 Å². The van der Waals surface area contributed by atoms with Crippen molar-refractivity contribution in [3.05, 3.63) is 24.2 Å². The van der Waals surface area contributed by atoms with Gasteiger partial charge in [0.05, 0.1) is 6.26 Å². The molecular weight excluding hydrogens is 455 g/mol. The first kappa shape index (κ1) is 24.2. The van der Waals surface area contributed by atoms with E-state index in [0.717, 1.165) is 37.1 Å². The lowest BCUT2D eigenvalue weighted by molar-refractivity contribution is 0.105. The molecule has 1 aromatic heterocycles. The minimum absolute atomic E-state index is 0. The molecule has 2 heterocycles. The lowest BCUT2D eigenvalue weighted by Gasteiger charge is -2.30. The largest absolute Gasteiger partial charge is 0.467 e. The fourth-order valence-electron chi connectivity index (χ4n) is 3.12. The summed E-state index contributed by atoms with van der Waals surface area (Å²) in [5.41, 5.74) is 0. The molecule has 7 heteroatoms. The highest BCUT2D eigenvalue weighted by atomic mass is 127. The van der Waals surface area contributed by atoms with E-state index in [1.165, 1.54) is 45.3 Å². The zero-order valence-electron chi connectivity index (χ0n) is 16.9. The van der Waals surface area contributed by atoms with E-state index < -0.39 is 0 Å². The van der Waals surface area contributed by atoms with E-state index in [1.54, 1.807) is 6.26 Å². The van der Waals surface area contributed by atoms with Gasteiger partial charge in [0.15, 0.2) is 5.96 Å². The second-order valence-corrected chi connectivity index (χ2v) is 7.14. The predicted molar refractivity (Wildman–Crippen MR) is 122 cm³/mol. The van der Waals surface area contributed by atoms with Gasteiger partial charge in [-0.3, -0.25) is 4.99 Å². The number of furan rings is 1. The number of piperidine rings is 1. The third-order valence-corrected chi connectivity index (χ3v) is 4.88. The summed E-state index contributed by atoms with van der Waals surface area (Å²) in [7, 11) is 1.82. The van der Waals surface area contributed by atoms with E-state index in [-0.39, 0.29) is 24.0 Å². The monoisotopic (exact) mass is 492 g/mol. The summed E-state index contributed by atoms with van der Waals surface area (Å²) < 4.78 is 10.8. The average molecular weight is 492 g/mol. The molecule has 1 fully saturated rings. The molecule has 0 unspecified atom stereocenters. The summed E-state index contributed by atoms with van der Waals surface area (Å²) in [6.45, 7) is 9.22. The molecule has 0 aliphatic carbocycles. The fraction of sp³-hybridized carbons (Fsp3) is 0.750. The Morgan fingerprint density at radius 3 is 2.63 bits per heavy atom. The number of hydrogen-bond donors (Lipinski definition) is 2. The van der Waals surface area contributed by atoms with Gasteiger partial charge in [-0.15, -0.1) is 24.0 Å². The second kappa shape index (κ2) is 15.2. The minimum atomic E-state index is 0. The molecule has 1 saturated heterocycles. The van der Waals surface area contributed by atoms with Gasteiger partial charge in [0.25, 0.3) is 0 Å². The summed E-state index contributed by atoms with van der Waals surface area (Å²) >= 11 is 0. The minimum Gasteiger partial charge on any atom is -0.467 e. The fourth-order valence-corrected chi connectivity index (χ4v) is 3.12. The van der Waals surface area contributed by atoms with Crippen LogP contribution in [0.5, 0.6) is 0 Å². The lowest BCUT2D eigenvalue weighted by Crippen LogP contribution is -2.39. The van der Waals surface area contributed by atoms with Crippen LogP contribution in [0.15, 0.2) is 27.8 Å². The van der Waals surface area contributed by atoms with Crippen LogP contribution in [-0.2, 0) is 11.3 Å². The van der Waals surface area contributed by atoms with Crippen LogP contribution in [0.1, 0.15) is 44.8 Å². The third kappa shape index (κ3) is 10.9. The molecule has 1 aliphatic heterocycles. The van der Waals surface area contributed by atoms with E-state index in [2.05, 4.69) is 27.4 Å². The zero-order chi connectivity index (χ0) is 18.5. The van der Waals surface area contributed by atoms with E-state index in [4.69, 9.17) is 9.15 Å². The number of rotatable bonds is 11. The van der Waals surface area contributed by atoms with Gasteiger partial charge >= 0.3 is 0 Å². The van der Waals surface area contributed by atoms with Gasteiger partial charge in [-0.25, -0.2) is 0 Å². The van der Waals surface area contributed by atoms with Crippen molar-refractivity contribution < 1.29 is 9.15 Å². The number of ether oxygens (including phenoxy) is 1. The number of nitrogens with zero attached hydrogens (tertiary/aromatic N) is 2. The Hall–Kier alpha value is -0.800. The Balaban J connectivity index is 0.00000364. The molecule has 2 N–H and O–H groups in total. The highest BCUT2D eigenvalue weighted by Crippen LogP contribution is 2.15. The van der Waals surface area contributed by atoms with Crippen LogP contribution in [0.4, 0.5) is 0 Å². The van der Waals surface area contributed by atoms with Crippen molar-refractivity contribution >= 4 is 29.9 Å².